The van der Waals surface area contributed by atoms with E-state index in [9.17, 15) is 0 Å². The topological polar surface area (TPSA) is 37.7 Å². The first-order chi connectivity index (χ1) is 10.9. The SMILES string of the molecule is CCN(C)C=Nc1cc(C)c(Oc2ccc(Cl)c(C)c2)nc1C. The minimum absolute atomic E-state index is 0.590. The summed E-state index contributed by atoms with van der Waals surface area (Å²) in [4.78, 5) is 11.0. The molecule has 0 aliphatic rings. The molecule has 1 aromatic heterocycles. The number of hydrogen-bond acceptors (Lipinski definition) is 3. The van der Waals surface area contributed by atoms with E-state index in [1.165, 1.54) is 0 Å². The van der Waals surface area contributed by atoms with E-state index in [4.69, 9.17) is 16.3 Å². The summed E-state index contributed by atoms with van der Waals surface area (Å²) in [6, 6.07) is 7.56. The Kier molecular flexibility index (Phi) is 5.61. The highest BCUT2D eigenvalue weighted by atomic mass is 35.5. The fourth-order valence-electron chi connectivity index (χ4n) is 1.94. The quantitative estimate of drug-likeness (QED) is 0.567. The second-order valence-corrected chi connectivity index (χ2v) is 5.95. The van der Waals surface area contributed by atoms with Gasteiger partial charge >= 0.3 is 0 Å². The number of rotatable bonds is 5. The van der Waals surface area contributed by atoms with Gasteiger partial charge in [0.25, 0.3) is 0 Å². The van der Waals surface area contributed by atoms with Crippen molar-refractivity contribution in [2.75, 3.05) is 13.6 Å². The fourth-order valence-corrected chi connectivity index (χ4v) is 2.06. The number of aliphatic imine (C=N–C) groups is 1. The van der Waals surface area contributed by atoms with Crippen LogP contribution in [0.25, 0.3) is 0 Å². The van der Waals surface area contributed by atoms with E-state index in [1.54, 1.807) is 0 Å². The Labute approximate surface area is 142 Å². The van der Waals surface area contributed by atoms with Gasteiger partial charge in [0.15, 0.2) is 0 Å². The molecule has 1 heterocycles. The van der Waals surface area contributed by atoms with Gasteiger partial charge < -0.3 is 9.64 Å². The lowest BCUT2D eigenvalue weighted by atomic mass is 10.2. The third-order valence-electron chi connectivity index (χ3n) is 3.57. The zero-order valence-electron chi connectivity index (χ0n) is 14.2. The van der Waals surface area contributed by atoms with Gasteiger partial charge in [-0.05, 0) is 57.5 Å². The summed E-state index contributed by atoms with van der Waals surface area (Å²) in [6.45, 7) is 8.83. The van der Waals surface area contributed by atoms with Gasteiger partial charge in [-0.2, -0.15) is 0 Å². The normalized spacial score (nSPS) is 11.0. The molecule has 0 radical (unpaired) electrons. The van der Waals surface area contributed by atoms with Crippen LogP contribution >= 0.6 is 11.6 Å². The van der Waals surface area contributed by atoms with E-state index in [-0.39, 0.29) is 0 Å². The van der Waals surface area contributed by atoms with Crippen molar-refractivity contribution in [3.63, 3.8) is 0 Å². The molecule has 0 amide bonds. The summed E-state index contributed by atoms with van der Waals surface area (Å²) in [5.74, 6) is 1.32. The van der Waals surface area contributed by atoms with E-state index in [2.05, 4.69) is 16.9 Å². The molecule has 0 bridgehead atoms. The maximum Gasteiger partial charge on any atom is 0.222 e. The van der Waals surface area contributed by atoms with Gasteiger partial charge in [-0.15, -0.1) is 0 Å². The molecule has 2 rings (SSSR count). The van der Waals surface area contributed by atoms with E-state index in [0.29, 0.717) is 5.88 Å². The van der Waals surface area contributed by atoms with Crippen molar-refractivity contribution in [2.45, 2.75) is 27.7 Å². The molecular weight excluding hydrogens is 310 g/mol. The Balaban J connectivity index is 2.25. The second-order valence-electron chi connectivity index (χ2n) is 5.55. The van der Waals surface area contributed by atoms with E-state index in [0.717, 1.165) is 39.8 Å². The van der Waals surface area contributed by atoms with Crippen LogP contribution in [0.1, 0.15) is 23.7 Å². The molecule has 1 aromatic carbocycles. The van der Waals surface area contributed by atoms with Gasteiger partial charge in [0.2, 0.25) is 5.88 Å². The molecular formula is C18H22ClN3O. The lowest BCUT2D eigenvalue weighted by Gasteiger charge is -2.12. The van der Waals surface area contributed by atoms with Crippen LogP contribution in [0.2, 0.25) is 5.02 Å². The lowest BCUT2D eigenvalue weighted by Crippen LogP contribution is -2.14. The number of halogens is 1. The number of hydrogen-bond donors (Lipinski definition) is 0. The average Bonchev–Trinajstić information content (AvgIpc) is 2.52. The predicted molar refractivity (Wildman–Crippen MR) is 96.4 cm³/mol. The van der Waals surface area contributed by atoms with Crippen LogP contribution in [-0.2, 0) is 0 Å². The van der Waals surface area contributed by atoms with Crippen molar-refractivity contribution in [1.29, 1.82) is 0 Å². The highest BCUT2D eigenvalue weighted by molar-refractivity contribution is 6.31. The van der Waals surface area contributed by atoms with Gasteiger partial charge in [0.05, 0.1) is 17.7 Å². The second kappa shape index (κ2) is 7.47. The zero-order chi connectivity index (χ0) is 17.0. The summed E-state index contributed by atoms with van der Waals surface area (Å²) in [7, 11) is 1.99. The van der Waals surface area contributed by atoms with Crippen molar-refractivity contribution in [1.82, 2.24) is 9.88 Å². The Hall–Kier alpha value is -2.07. The minimum atomic E-state index is 0.590. The molecule has 0 aliphatic carbocycles. The molecule has 5 heteroatoms. The molecule has 4 nitrogen and oxygen atoms in total. The summed E-state index contributed by atoms with van der Waals surface area (Å²) in [6.07, 6.45) is 1.81. The Morgan fingerprint density at radius 3 is 2.61 bits per heavy atom. The van der Waals surface area contributed by atoms with Gasteiger partial charge in [0, 0.05) is 24.2 Å². The molecule has 122 valence electrons. The minimum Gasteiger partial charge on any atom is -0.439 e. The first-order valence-corrected chi connectivity index (χ1v) is 7.95. The average molecular weight is 332 g/mol. The number of ether oxygens (including phenoxy) is 1. The molecule has 0 spiro atoms. The zero-order valence-corrected chi connectivity index (χ0v) is 15.0. The van der Waals surface area contributed by atoms with Gasteiger partial charge in [-0.25, -0.2) is 9.98 Å². The van der Waals surface area contributed by atoms with Crippen LogP contribution in [0.3, 0.4) is 0 Å². The maximum atomic E-state index is 6.04. The number of benzene rings is 1. The maximum absolute atomic E-state index is 6.04. The number of aryl methyl sites for hydroxylation is 3. The van der Waals surface area contributed by atoms with Crippen molar-refractivity contribution in [2.24, 2.45) is 4.99 Å². The Morgan fingerprint density at radius 2 is 1.96 bits per heavy atom. The van der Waals surface area contributed by atoms with E-state index in [1.807, 2.05) is 63.3 Å². The molecule has 2 aromatic rings. The molecule has 23 heavy (non-hydrogen) atoms. The first-order valence-electron chi connectivity index (χ1n) is 7.57. The fraction of sp³-hybridized carbons (Fsp3) is 0.333. The van der Waals surface area contributed by atoms with E-state index >= 15 is 0 Å². The predicted octanol–water partition coefficient (Wildman–Crippen LogP) is 5.06. The van der Waals surface area contributed by atoms with Gasteiger partial charge in [-0.1, -0.05) is 11.6 Å². The van der Waals surface area contributed by atoms with Crippen LogP contribution in [-0.4, -0.2) is 29.8 Å². The van der Waals surface area contributed by atoms with Gasteiger partial charge in [-0.3, -0.25) is 0 Å². The number of aromatic nitrogens is 1. The van der Waals surface area contributed by atoms with Crippen LogP contribution in [0.15, 0.2) is 29.3 Å². The molecule has 0 N–H and O–H groups in total. The van der Waals surface area contributed by atoms with Crippen molar-refractivity contribution < 1.29 is 4.74 Å². The highest BCUT2D eigenvalue weighted by Crippen LogP contribution is 2.30. The van der Waals surface area contributed by atoms with Crippen LogP contribution < -0.4 is 4.74 Å². The van der Waals surface area contributed by atoms with Crippen molar-refractivity contribution >= 4 is 23.6 Å². The van der Waals surface area contributed by atoms with Crippen molar-refractivity contribution in [3.8, 4) is 11.6 Å². The number of nitrogens with zero attached hydrogens (tertiary/aromatic N) is 3. The Bertz CT molecular complexity index is 728. The number of pyridine rings is 1. The smallest absolute Gasteiger partial charge is 0.222 e. The monoisotopic (exact) mass is 331 g/mol. The van der Waals surface area contributed by atoms with Crippen LogP contribution in [0, 0.1) is 20.8 Å². The molecule has 0 saturated heterocycles. The third kappa shape index (κ3) is 4.45. The third-order valence-corrected chi connectivity index (χ3v) is 3.99. The van der Waals surface area contributed by atoms with Crippen molar-refractivity contribution in [3.05, 3.63) is 46.1 Å². The van der Waals surface area contributed by atoms with Crippen LogP contribution in [0.5, 0.6) is 11.6 Å². The molecule has 0 unspecified atom stereocenters. The van der Waals surface area contributed by atoms with Crippen LogP contribution in [0.4, 0.5) is 5.69 Å². The summed E-state index contributed by atoms with van der Waals surface area (Å²) in [5.41, 5.74) is 3.59. The highest BCUT2D eigenvalue weighted by Gasteiger charge is 2.09. The molecule has 0 saturated carbocycles. The summed E-state index contributed by atoms with van der Waals surface area (Å²) in [5, 5.41) is 0.725. The molecule has 0 fully saturated rings. The largest absolute Gasteiger partial charge is 0.439 e. The molecule has 0 aliphatic heterocycles. The first kappa shape index (κ1) is 17.3. The lowest BCUT2D eigenvalue weighted by molar-refractivity contribution is 0.457. The summed E-state index contributed by atoms with van der Waals surface area (Å²) >= 11 is 6.04. The molecule has 0 atom stereocenters. The van der Waals surface area contributed by atoms with E-state index < -0.39 is 0 Å². The Morgan fingerprint density at radius 1 is 1.22 bits per heavy atom. The summed E-state index contributed by atoms with van der Waals surface area (Å²) < 4.78 is 5.90. The van der Waals surface area contributed by atoms with Gasteiger partial charge in [0.1, 0.15) is 5.75 Å². The standard InChI is InChI=1S/C18H22ClN3O/c1-6-22(5)11-20-17-10-13(3)18(21-14(17)4)23-15-7-8-16(19)12(2)9-15/h7-11H,6H2,1-5H3.